The molecule has 36 heavy (non-hydrogen) atoms. The van der Waals surface area contributed by atoms with E-state index in [-0.39, 0.29) is 13.0 Å². The van der Waals surface area contributed by atoms with E-state index in [9.17, 15) is 24.0 Å². The zero-order valence-corrected chi connectivity index (χ0v) is 20.2. The summed E-state index contributed by atoms with van der Waals surface area (Å²) < 4.78 is 10.2. The Kier molecular flexibility index (Phi) is 9.15. The molecule has 1 aliphatic heterocycles. The van der Waals surface area contributed by atoms with E-state index in [0.717, 1.165) is 23.4 Å². The topological polar surface area (TPSA) is 131 Å². The SMILES string of the molecule is CCCCOC(=O)c1ccc(NC(=O)COC(=O)[C@@H]2CC(=O)N(NC(=O)c3ccccc3C)C2)cc1. The molecule has 2 aromatic rings. The van der Waals surface area contributed by atoms with Crippen LogP contribution < -0.4 is 10.7 Å². The van der Waals surface area contributed by atoms with Gasteiger partial charge in [-0.1, -0.05) is 31.5 Å². The third-order valence-electron chi connectivity index (χ3n) is 5.57. The van der Waals surface area contributed by atoms with E-state index in [4.69, 9.17) is 9.47 Å². The van der Waals surface area contributed by atoms with E-state index in [0.29, 0.717) is 23.4 Å². The van der Waals surface area contributed by atoms with Gasteiger partial charge in [-0.25, -0.2) is 4.79 Å². The summed E-state index contributed by atoms with van der Waals surface area (Å²) in [5.41, 5.74) is 4.48. The summed E-state index contributed by atoms with van der Waals surface area (Å²) in [7, 11) is 0. The number of anilines is 1. The average molecular weight is 496 g/mol. The predicted octanol–water partition coefficient (Wildman–Crippen LogP) is 2.63. The van der Waals surface area contributed by atoms with Crippen molar-refractivity contribution in [2.75, 3.05) is 25.1 Å². The molecule has 3 amide bonds. The monoisotopic (exact) mass is 495 g/mol. The number of unbranched alkanes of at least 4 members (excludes halogenated alkanes) is 1. The van der Waals surface area contributed by atoms with E-state index >= 15 is 0 Å². The van der Waals surface area contributed by atoms with Crippen molar-refractivity contribution in [1.82, 2.24) is 10.4 Å². The summed E-state index contributed by atoms with van der Waals surface area (Å²) in [6.07, 6.45) is 1.57. The molecule has 2 N–H and O–H groups in total. The number of ether oxygens (including phenoxy) is 2. The van der Waals surface area contributed by atoms with Crippen LogP contribution in [-0.2, 0) is 23.9 Å². The number of carbonyl (C=O) groups is 5. The third kappa shape index (κ3) is 7.14. The molecule has 0 spiro atoms. The van der Waals surface area contributed by atoms with Crippen LogP contribution in [0.2, 0.25) is 0 Å². The summed E-state index contributed by atoms with van der Waals surface area (Å²) in [5.74, 6) is -3.40. The first-order valence-electron chi connectivity index (χ1n) is 11.7. The number of nitrogens with zero attached hydrogens (tertiary/aromatic N) is 1. The number of aryl methyl sites for hydroxylation is 1. The lowest BCUT2D eigenvalue weighted by Crippen LogP contribution is -2.43. The van der Waals surface area contributed by atoms with Crippen LogP contribution >= 0.6 is 0 Å². The van der Waals surface area contributed by atoms with Crippen molar-refractivity contribution in [3.63, 3.8) is 0 Å². The van der Waals surface area contributed by atoms with Crippen LogP contribution in [0.1, 0.15) is 52.5 Å². The van der Waals surface area contributed by atoms with Crippen LogP contribution in [0.25, 0.3) is 0 Å². The molecular formula is C26H29N3O7. The molecule has 0 aliphatic carbocycles. The number of esters is 2. The summed E-state index contributed by atoms with van der Waals surface area (Å²) in [4.78, 5) is 61.2. The van der Waals surface area contributed by atoms with Crippen LogP contribution in [0.5, 0.6) is 0 Å². The van der Waals surface area contributed by atoms with Crippen LogP contribution in [0, 0.1) is 12.8 Å². The number of benzene rings is 2. The van der Waals surface area contributed by atoms with Crippen LogP contribution in [0.15, 0.2) is 48.5 Å². The number of amides is 3. The molecule has 1 aliphatic rings. The van der Waals surface area contributed by atoms with Gasteiger partial charge in [0.05, 0.1) is 24.6 Å². The Morgan fingerprint density at radius 2 is 1.75 bits per heavy atom. The molecule has 10 heteroatoms. The first-order chi connectivity index (χ1) is 17.3. The normalized spacial score (nSPS) is 14.8. The number of nitrogens with one attached hydrogen (secondary N) is 2. The Labute approximate surface area is 208 Å². The Balaban J connectivity index is 1.43. The van der Waals surface area contributed by atoms with Gasteiger partial charge in [-0.2, -0.15) is 0 Å². The van der Waals surface area contributed by atoms with E-state index in [1.165, 1.54) is 12.1 Å². The molecule has 1 atom stereocenters. The van der Waals surface area contributed by atoms with Gasteiger partial charge >= 0.3 is 11.9 Å². The molecule has 0 radical (unpaired) electrons. The number of rotatable bonds is 10. The molecule has 10 nitrogen and oxygen atoms in total. The fourth-order valence-electron chi connectivity index (χ4n) is 3.52. The van der Waals surface area contributed by atoms with E-state index in [1.54, 1.807) is 43.3 Å². The summed E-state index contributed by atoms with van der Waals surface area (Å²) >= 11 is 0. The Morgan fingerprint density at radius 3 is 2.44 bits per heavy atom. The van der Waals surface area contributed by atoms with Crippen molar-refractivity contribution in [3.05, 3.63) is 65.2 Å². The first kappa shape index (κ1) is 26.4. The molecule has 0 saturated carbocycles. The largest absolute Gasteiger partial charge is 0.462 e. The lowest BCUT2D eigenvalue weighted by atomic mass is 10.1. The molecular weight excluding hydrogens is 466 g/mol. The van der Waals surface area contributed by atoms with Crippen molar-refractivity contribution in [2.45, 2.75) is 33.1 Å². The Morgan fingerprint density at radius 1 is 1.03 bits per heavy atom. The second-order valence-corrected chi connectivity index (χ2v) is 8.38. The van der Waals surface area contributed by atoms with Crippen molar-refractivity contribution in [1.29, 1.82) is 0 Å². The van der Waals surface area contributed by atoms with Crippen molar-refractivity contribution >= 4 is 35.3 Å². The fourth-order valence-corrected chi connectivity index (χ4v) is 3.52. The average Bonchev–Trinajstić information content (AvgIpc) is 3.23. The fraction of sp³-hybridized carbons (Fsp3) is 0.346. The van der Waals surface area contributed by atoms with Gasteiger partial charge < -0.3 is 14.8 Å². The molecule has 1 saturated heterocycles. The summed E-state index contributed by atoms with van der Waals surface area (Å²) in [6.45, 7) is 3.54. The second-order valence-electron chi connectivity index (χ2n) is 8.38. The maximum atomic E-state index is 12.4. The molecule has 1 fully saturated rings. The van der Waals surface area contributed by atoms with Crippen molar-refractivity contribution < 1.29 is 33.4 Å². The zero-order chi connectivity index (χ0) is 26.1. The van der Waals surface area contributed by atoms with Crippen molar-refractivity contribution in [3.8, 4) is 0 Å². The second kappa shape index (κ2) is 12.5. The third-order valence-corrected chi connectivity index (χ3v) is 5.57. The number of hydrogen-bond acceptors (Lipinski definition) is 7. The minimum Gasteiger partial charge on any atom is -0.462 e. The van der Waals surface area contributed by atoms with Gasteiger partial charge in [0.15, 0.2) is 6.61 Å². The molecule has 1 heterocycles. The molecule has 190 valence electrons. The smallest absolute Gasteiger partial charge is 0.338 e. The van der Waals surface area contributed by atoms with Gasteiger partial charge in [0.1, 0.15) is 0 Å². The molecule has 0 unspecified atom stereocenters. The number of carbonyl (C=O) groups excluding carboxylic acids is 5. The van der Waals surface area contributed by atoms with Gasteiger partial charge in [0.2, 0.25) is 5.91 Å². The van der Waals surface area contributed by atoms with Crippen LogP contribution in [0.3, 0.4) is 0 Å². The highest BCUT2D eigenvalue weighted by Crippen LogP contribution is 2.18. The lowest BCUT2D eigenvalue weighted by Gasteiger charge is -2.18. The van der Waals surface area contributed by atoms with Gasteiger partial charge in [-0.3, -0.25) is 29.6 Å². The van der Waals surface area contributed by atoms with Gasteiger partial charge in [0.25, 0.3) is 11.8 Å². The van der Waals surface area contributed by atoms with Gasteiger partial charge in [-0.15, -0.1) is 0 Å². The molecule has 0 bridgehead atoms. The van der Waals surface area contributed by atoms with E-state index in [2.05, 4.69) is 10.7 Å². The van der Waals surface area contributed by atoms with Crippen LogP contribution in [-0.4, -0.2) is 54.4 Å². The minimum absolute atomic E-state index is 0.0489. The molecule has 0 aromatic heterocycles. The zero-order valence-electron chi connectivity index (χ0n) is 20.2. The van der Waals surface area contributed by atoms with E-state index < -0.39 is 42.2 Å². The highest BCUT2D eigenvalue weighted by molar-refractivity contribution is 5.98. The van der Waals surface area contributed by atoms with Crippen LogP contribution in [0.4, 0.5) is 5.69 Å². The van der Waals surface area contributed by atoms with Gasteiger partial charge in [0, 0.05) is 17.7 Å². The lowest BCUT2D eigenvalue weighted by molar-refractivity contribution is -0.151. The molecule has 2 aromatic carbocycles. The Bertz CT molecular complexity index is 1130. The number of hydrogen-bond donors (Lipinski definition) is 2. The first-order valence-corrected chi connectivity index (χ1v) is 11.7. The quantitative estimate of drug-likeness (QED) is 0.383. The summed E-state index contributed by atoms with van der Waals surface area (Å²) in [5, 5.41) is 3.66. The maximum absolute atomic E-state index is 12.4. The maximum Gasteiger partial charge on any atom is 0.338 e. The standard InChI is InChI=1S/C26H29N3O7/c1-3-4-13-35-25(33)18-9-11-20(12-10-18)27-22(30)16-36-26(34)19-14-23(31)29(15-19)28-24(32)21-8-6-5-7-17(21)2/h5-12,19H,3-4,13-16H2,1-2H3,(H,27,30)(H,28,32)/t19-/m1/s1. The van der Waals surface area contributed by atoms with Gasteiger partial charge in [-0.05, 0) is 49.2 Å². The number of hydrazine groups is 1. The van der Waals surface area contributed by atoms with E-state index in [1.807, 2.05) is 6.92 Å². The molecule has 3 rings (SSSR count). The Hall–Kier alpha value is -4.21. The minimum atomic E-state index is -0.805. The predicted molar refractivity (Wildman–Crippen MR) is 130 cm³/mol. The van der Waals surface area contributed by atoms with Crippen molar-refractivity contribution in [2.24, 2.45) is 5.92 Å². The highest BCUT2D eigenvalue weighted by Gasteiger charge is 2.36. The highest BCUT2D eigenvalue weighted by atomic mass is 16.5. The summed E-state index contributed by atoms with van der Waals surface area (Å²) in [6, 6.07) is 13.1.